The van der Waals surface area contributed by atoms with Crippen molar-refractivity contribution < 1.29 is 23.9 Å². The van der Waals surface area contributed by atoms with Crippen LogP contribution in [0.5, 0.6) is 5.75 Å². The molecular weight excluding hydrogens is 410 g/mol. The maximum Gasteiger partial charge on any atom is 0.418 e. The van der Waals surface area contributed by atoms with Crippen LogP contribution in [0.4, 0.5) is 9.59 Å². The Labute approximate surface area is 190 Å². The molecule has 1 aromatic rings. The molecule has 0 atom stereocenters. The fraction of sp³-hybridized carbons (Fsp3) is 0.625. The second kappa shape index (κ2) is 10.8. The summed E-state index contributed by atoms with van der Waals surface area (Å²) in [6.45, 7) is 9.44. The molecule has 0 aromatic heterocycles. The summed E-state index contributed by atoms with van der Waals surface area (Å²) in [6, 6.07) is 6.73. The number of likely N-dealkylation sites (tertiary alicyclic amines) is 1. The molecule has 2 aliphatic rings. The minimum absolute atomic E-state index is 0.0350. The van der Waals surface area contributed by atoms with E-state index < -0.39 is 17.7 Å². The van der Waals surface area contributed by atoms with E-state index >= 15 is 0 Å². The topological polar surface area (TPSA) is 79.4 Å². The van der Waals surface area contributed by atoms with Crippen LogP contribution in [-0.4, -0.2) is 71.1 Å². The first-order valence-electron chi connectivity index (χ1n) is 11.5. The molecule has 0 bridgehead atoms. The van der Waals surface area contributed by atoms with E-state index in [2.05, 4.69) is 4.90 Å². The van der Waals surface area contributed by atoms with Crippen LogP contribution in [0.1, 0.15) is 58.4 Å². The van der Waals surface area contributed by atoms with Crippen LogP contribution in [0.15, 0.2) is 24.3 Å². The van der Waals surface area contributed by atoms with Gasteiger partial charge in [-0.25, -0.2) is 14.5 Å². The average molecular weight is 446 g/mol. The summed E-state index contributed by atoms with van der Waals surface area (Å²) in [5, 5.41) is 0. The van der Waals surface area contributed by atoms with Crippen molar-refractivity contribution in [2.24, 2.45) is 0 Å². The van der Waals surface area contributed by atoms with Crippen LogP contribution >= 0.6 is 0 Å². The van der Waals surface area contributed by atoms with Crippen molar-refractivity contribution in [1.29, 1.82) is 0 Å². The number of piperidine rings is 1. The van der Waals surface area contributed by atoms with Gasteiger partial charge < -0.3 is 14.4 Å². The number of rotatable bonds is 7. The Balaban J connectivity index is 1.49. The van der Waals surface area contributed by atoms with Gasteiger partial charge in [0.1, 0.15) is 11.4 Å². The molecule has 0 unspecified atom stereocenters. The van der Waals surface area contributed by atoms with Gasteiger partial charge in [-0.1, -0.05) is 18.6 Å². The van der Waals surface area contributed by atoms with E-state index in [9.17, 15) is 14.4 Å². The highest BCUT2D eigenvalue weighted by atomic mass is 16.6. The average Bonchev–Trinajstić information content (AvgIpc) is 2.74. The normalized spacial score (nSPS) is 18.1. The number of urea groups is 1. The number of carbonyl (C=O) groups excluding carboxylic acids is 3. The lowest BCUT2D eigenvalue weighted by atomic mass is 10.1. The summed E-state index contributed by atoms with van der Waals surface area (Å²) in [7, 11) is 0. The number of carbonyl (C=O) groups is 3. The first-order chi connectivity index (χ1) is 15.2. The summed E-state index contributed by atoms with van der Waals surface area (Å²) in [4.78, 5) is 42.0. The van der Waals surface area contributed by atoms with E-state index in [0.717, 1.165) is 34.1 Å². The van der Waals surface area contributed by atoms with Gasteiger partial charge >= 0.3 is 12.1 Å². The predicted molar refractivity (Wildman–Crippen MR) is 120 cm³/mol. The summed E-state index contributed by atoms with van der Waals surface area (Å²) in [5.74, 6) is 0.465. The molecule has 0 N–H and O–H groups in total. The molecule has 4 amide bonds. The van der Waals surface area contributed by atoms with Crippen LogP contribution in [0.25, 0.3) is 0 Å². The van der Waals surface area contributed by atoms with Crippen LogP contribution in [0, 0.1) is 0 Å². The number of hydrogen-bond donors (Lipinski definition) is 0. The SMILES string of the molecule is CC(C)(C)OC(=O)N1CCC(=O)N(Cc2ccc(OCCCN3CCCCC3)cc2)C1=O. The molecule has 1 aromatic carbocycles. The van der Waals surface area contributed by atoms with Crippen molar-refractivity contribution in [3.63, 3.8) is 0 Å². The summed E-state index contributed by atoms with van der Waals surface area (Å²) >= 11 is 0. The molecule has 8 nitrogen and oxygen atoms in total. The summed E-state index contributed by atoms with van der Waals surface area (Å²) in [6.07, 6.45) is 4.27. The molecule has 176 valence electrons. The highest BCUT2D eigenvalue weighted by Gasteiger charge is 2.37. The van der Waals surface area contributed by atoms with Gasteiger partial charge in [-0.2, -0.15) is 0 Å². The molecule has 32 heavy (non-hydrogen) atoms. The van der Waals surface area contributed by atoms with Crippen molar-refractivity contribution in [1.82, 2.24) is 14.7 Å². The lowest BCUT2D eigenvalue weighted by molar-refractivity contribution is -0.131. The maximum absolute atomic E-state index is 12.7. The van der Waals surface area contributed by atoms with Gasteiger partial charge in [-0.05, 0) is 70.8 Å². The molecule has 2 aliphatic heterocycles. The van der Waals surface area contributed by atoms with Crippen LogP contribution in [0.2, 0.25) is 0 Å². The Hall–Kier alpha value is -2.61. The Morgan fingerprint density at radius 2 is 1.69 bits per heavy atom. The van der Waals surface area contributed by atoms with Crippen molar-refractivity contribution in [2.75, 3.05) is 32.8 Å². The fourth-order valence-electron chi connectivity index (χ4n) is 3.87. The lowest BCUT2D eigenvalue weighted by Gasteiger charge is -2.33. The third-order valence-electron chi connectivity index (χ3n) is 5.53. The fourth-order valence-corrected chi connectivity index (χ4v) is 3.87. The number of benzene rings is 1. The van der Waals surface area contributed by atoms with Gasteiger partial charge in [-0.15, -0.1) is 0 Å². The Morgan fingerprint density at radius 1 is 1.00 bits per heavy atom. The Morgan fingerprint density at radius 3 is 2.34 bits per heavy atom. The van der Waals surface area contributed by atoms with Gasteiger partial charge in [0.15, 0.2) is 0 Å². The number of imide groups is 2. The number of hydrogen-bond acceptors (Lipinski definition) is 6. The highest BCUT2D eigenvalue weighted by Crippen LogP contribution is 2.20. The first kappa shape index (κ1) is 24.0. The van der Waals surface area contributed by atoms with Crippen molar-refractivity contribution in [3.8, 4) is 5.75 Å². The number of amides is 4. The smallest absolute Gasteiger partial charge is 0.418 e. The molecule has 2 fully saturated rings. The minimum atomic E-state index is -0.728. The Bertz CT molecular complexity index is 797. The van der Waals surface area contributed by atoms with Gasteiger partial charge in [0.05, 0.1) is 13.2 Å². The molecule has 0 saturated carbocycles. The first-order valence-corrected chi connectivity index (χ1v) is 11.5. The molecule has 2 saturated heterocycles. The molecule has 2 heterocycles. The monoisotopic (exact) mass is 445 g/mol. The maximum atomic E-state index is 12.7. The standard InChI is InChI=1S/C24H35N3O5/c1-24(2,3)32-23(30)26-16-12-21(28)27(22(26)29)18-19-8-10-20(11-9-19)31-17-7-15-25-13-5-4-6-14-25/h8-11H,4-7,12-18H2,1-3H3. The molecule has 8 heteroatoms. The van der Waals surface area contributed by atoms with E-state index in [0.29, 0.717) is 6.61 Å². The second-order valence-corrected chi connectivity index (χ2v) is 9.39. The number of ether oxygens (including phenoxy) is 2. The molecule has 0 spiro atoms. The van der Waals surface area contributed by atoms with Crippen LogP contribution in [-0.2, 0) is 16.1 Å². The van der Waals surface area contributed by atoms with E-state index in [-0.39, 0.29) is 25.4 Å². The molecule has 0 radical (unpaired) electrons. The molecular formula is C24H35N3O5. The minimum Gasteiger partial charge on any atom is -0.494 e. The van der Waals surface area contributed by atoms with Crippen molar-refractivity contribution in [2.45, 2.75) is 65.0 Å². The molecule has 3 rings (SSSR count). The van der Waals surface area contributed by atoms with Gasteiger partial charge in [0, 0.05) is 19.5 Å². The lowest BCUT2D eigenvalue weighted by Crippen LogP contribution is -2.54. The summed E-state index contributed by atoms with van der Waals surface area (Å²) < 4.78 is 11.1. The zero-order valence-electron chi connectivity index (χ0n) is 19.5. The zero-order valence-corrected chi connectivity index (χ0v) is 19.5. The van der Waals surface area contributed by atoms with E-state index in [1.807, 2.05) is 24.3 Å². The van der Waals surface area contributed by atoms with Crippen molar-refractivity contribution >= 4 is 18.0 Å². The Kier molecular flexibility index (Phi) is 8.12. The van der Waals surface area contributed by atoms with Crippen LogP contribution < -0.4 is 4.74 Å². The van der Waals surface area contributed by atoms with Gasteiger partial charge in [0.2, 0.25) is 5.91 Å². The quantitative estimate of drug-likeness (QED) is 0.590. The van der Waals surface area contributed by atoms with E-state index in [4.69, 9.17) is 9.47 Å². The summed E-state index contributed by atoms with van der Waals surface area (Å²) in [5.41, 5.74) is 0.0752. The highest BCUT2D eigenvalue weighted by molar-refractivity contribution is 6.03. The van der Waals surface area contributed by atoms with Gasteiger partial charge in [0.25, 0.3) is 0 Å². The number of nitrogens with zero attached hydrogens (tertiary/aromatic N) is 3. The van der Waals surface area contributed by atoms with E-state index in [1.165, 1.54) is 32.4 Å². The molecule has 0 aliphatic carbocycles. The van der Waals surface area contributed by atoms with Crippen LogP contribution in [0.3, 0.4) is 0 Å². The predicted octanol–water partition coefficient (Wildman–Crippen LogP) is 4.03. The third-order valence-corrected chi connectivity index (χ3v) is 5.53. The largest absolute Gasteiger partial charge is 0.494 e. The van der Waals surface area contributed by atoms with Gasteiger partial charge in [-0.3, -0.25) is 9.69 Å². The third kappa shape index (κ3) is 6.95. The van der Waals surface area contributed by atoms with E-state index in [1.54, 1.807) is 20.8 Å². The second-order valence-electron chi connectivity index (χ2n) is 9.39. The van der Waals surface area contributed by atoms with Crippen molar-refractivity contribution in [3.05, 3.63) is 29.8 Å². The zero-order chi connectivity index (χ0) is 23.1.